The van der Waals surface area contributed by atoms with Crippen LogP contribution in [0.25, 0.3) is 0 Å². The summed E-state index contributed by atoms with van der Waals surface area (Å²) in [7, 11) is -0.756. The monoisotopic (exact) mass is 210 g/mol. The summed E-state index contributed by atoms with van der Waals surface area (Å²) in [5.74, 6) is 1.82. The largest absolute Gasteiger partial charge is 0.434 e. The van der Waals surface area contributed by atoms with E-state index < -0.39 is 8.38 Å². The number of fused-ring (bicyclic) bond motifs is 1. The quantitative estimate of drug-likeness (QED) is 0.656. The second kappa shape index (κ2) is 3.43. The highest BCUT2D eigenvalue weighted by Gasteiger charge is 2.29. The molecule has 1 aliphatic heterocycles. The molecule has 2 nitrogen and oxygen atoms in total. The maximum Gasteiger partial charge on any atom is 0.293 e. The van der Waals surface area contributed by atoms with Crippen LogP contribution < -0.4 is 9.05 Å². The van der Waals surface area contributed by atoms with Gasteiger partial charge in [0, 0.05) is 5.66 Å². The van der Waals surface area contributed by atoms with Gasteiger partial charge in [-0.25, -0.2) is 0 Å². The molecule has 0 amide bonds. The zero-order valence-corrected chi connectivity index (χ0v) is 9.89. The molecule has 0 fully saturated rings. The van der Waals surface area contributed by atoms with Crippen molar-refractivity contribution >= 4 is 8.38 Å². The summed E-state index contributed by atoms with van der Waals surface area (Å²) in [6, 6.07) is 4.13. The van der Waals surface area contributed by atoms with Crippen LogP contribution in [0.5, 0.6) is 11.5 Å². The molecule has 0 radical (unpaired) electrons. The average Bonchev–Trinajstić information content (AvgIpc) is 2.48. The fraction of sp³-hybridized carbons (Fsp3) is 0.455. The Labute approximate surface area is 86.2 Å². The summed E-state index contributed by atoms with van der Waals surface area (Å²) in [5, 5.41) is 0. The summed E-state index contributed by atoms with van der Waals surface area (Å²) >= 11 is 0. The Hall–Kier alpha value is -0.750. The first-order valence-corrected chi connectivity index (χ1v) is 6.09. The second-order valence-electron chi connectivity index (χ2n) is 3.94. The molecule has 3 heteroatoms. The zero-order valence-electron chi connectivity index (χ0n) is 9.00. The number of hydrogen-bond acceptors (Lipinski definition) is 2. The van der Waals surface area contributed by atoms with E-state index in [-0.39, 0.29) is 0 Å². The van der Waals surface area contributed by atoms with Crippen molar-refractivity contribution in [1.82, 2.24) is 0 Å². The first kappa shape index (κ1) is 9.79. The standard InChI is InChI=1S/C11H15O2P/c1-7(2)14-12-10-5-8(3)9(4)6-11(10)13-14/h5-7H,1-4H3. The van der Waals surface area contributed by atoms with Crippen LogP contribution in [-0.2, 0) is 0 Å². The van der Waals surface area contributed by atoms with Crippen LogP contribution in [-0.4, -0.2) is 5.66 Å². The van der Waals surface area contributed by atoms with Gasteiger partial charge in [0.2, 0.25) is 0 Å². The molecule has 0 unspecified atom stereocenters. The van der Waals surface area contributed by atoms with E-state index >= 15 is 0 Å². The van der Waals surface area contributed by atoms with E-state index in [2.05, 4.69) is 39.8 Å². The minimum atomic E-state index is -0.756. The van der Waals surface area contributed by atoms with Gasteiger partial charge >= 0.3 is 0 Å². The fourth-order valence-electron chi connectivity index (χ4n) is 1.33. The maximum absolute atomic E-state index is 5.75. The molecule has 0 N–H and O–H groups in total. The highest BCUT2D eigenvalue weighted by Crippen LogP contribution is 2.55. The Morgan fingerprint density at radius 3 is 1.79 bits per heavy atom. The molecule has 76 valence electrons. The summed E-state index contributed by atoms with van der Waals surface area (Å²) in [6.45, 7) is 8.43. The first-order chi connectivity index (χ1) is 6.58. The first-order valence-electron chi connectivity index (χ1n) is 4.84. The molecule has 1 aromatic rings. The highest BCUT2D eigenvalue weighted by atomic mass is 31.2. The summed E-state index contributed by atoms with van der Waals surface area (Å²) in [6.07, 6.45) is 0. The lowest BCUT2D eigenvalue weighted by atomic mass is 10.1. The van der Waals surface area contributed by atoms with Crippen LogP contribution in [0.2, 0.25) is 0 Å². The molecule has 0 saturated carbocycles. The van der Waals surface area contributed by atoms with Gasteiger partial charge in [0.15, 0.2) is 11.5 Å². The maximum atomic E-state index is 5.75. The third-order valence-corrected chi connectivity index (χ3v) is 3.95. The summed E-state index contributed by atoms with van der Waals surface area (Å²) in [5.41, 5.74) is 2.96. The summed E-state index contributed by atoms with van der Waals surface area (Å²) < 4.78 is 11.5. The predicted octanol–water partition coefficient (Wildman–Crippen LogP) is 3.79. The van der Waals surface area contributed by atoms with Crippen LogP contribution >= 0.6 is 8.38 Å². The number of aryl methyl sites for hydroxylation is 2. The van der Waals surface area contributed by atoms with Gasteiger partial charge in [-0.15, -0.1) is 0 Å². The third-order valence-electron chi connectivity index (χ3n) is 2.36. The van der Waals surface area contributed by atoms with E-state index in [4.69, 9.17) is 9.05 Å². The molecule has 2 rings (SSSR count). The Kier molecular flexibility index (Phi) is 2.40. The third kappa shape index (κ3) is 1.59. The van der Waals surface area contributed by atoms with Crippen molar-refractivity contribution in [2.45, 2.75) is 33.4 Å². The van der Waals surface area contributed by atoms with E-state index in [0.717, 1.165) is 11.5 Å². The van der Waals surface area contributed by atoms with Crippen molar-refractivity contribution in [2.24, 2.45) is 0 Å². The molecule has 1 heterocycles. The molecule has 0 aromatic heterocycles. The molecular weight excluding hydrogens is 195 g/mol. The molecule has 0 spiro atoms. The lowest BCUT2D eigenvalue weighted by molar-refractivity contribution is 0.559. The van der Waals surface area contributed by atoms with Crippen molar-refractivity contribution in [3.05, 3.63) is 23.3 Å². The molecular formula is C11H15O2P. The normalized spacial score (nSPS) is 15.2. The van der Waals surface area contributed by atoms with Gasteiger partial charge in [0.05, 0.1) is 0 Å². The topological polar surface area (TPSA) is 18.5 Å². The Morgan fingerprint density at radius 2 is 1.43 bits per heavy atom. The van der Waals surface area contributed by atoms with E-state index in [0.29, 0.717) is 5.66 Å². The van der Waals surface area contributed by atoms with Gasteiger partial charge in [-0.1, -0.05) is 13.8 Å². The van der Waals surface area contributed by atoms with E-state index in [9.17, 15) is 0 Å². The van der Waals surface area contributed by atoms with E-state index in [1.807, 2.05) is 0 Å². The molecule has 0 bridgehead atoms. The molecule has 0 saturated heterocycles. The predicted molar refractivity (Wildman–Crippen MR) is 59.2 cm³/mol. The van der Waals surface area contributed by atoms with Crippen molar-refractivity contribution in [1.29, 1.82) is 0 Å². The number of rotatable bonds is 1. The van der Waals surface area contributed by atoms with E-state index in [1.54, 1.807) is 0 Å². The number of benzene rings is 1. The lowest BCUT2D eigenvalue weighted by Crippen LogP contribution is -1.98. The van der Waals surface area contributed by atoms with Gasteiger partial charge in [-0.3, -0.25) is 0 Å². The van der Waals surface area contributed by atoms with Gasteiger partial charge in [-0.05, 0) is 37.1 Å². The lowest BCUT2D eigenvalue weighted by Gasteiger charge is -2.10. The average molecular weight is 210 g/mol. The SMILES string of the molecule is Cc1cc2c(cc1C)OP(C(C)C)O2. The van der Waals surface area contributed by atoms with Crippen molar-refractivity contribution in [3.8, 4) is 11.5 Å². The smallest absolute Gasteiger partial charge is 0.293 e. The van der Waals surface area contributed by atoms with Gasteiger partial charge in [-0.2, -0.15) is 0 Å². The summed E-state index contributed by atoms with van der Waals surface area (Å²) in [4.78, 5) is 0. The van der Waals surface area contributed by atoms with Crippen molar-refractivity contribution in [2.75, 3.05) is 0 Å². The van der Waals surface area contributed by atoms with Gasteiger partial charge < -0.3 is 9.05 Å². The Bertz CT molecular complexity index is 330. The molecule has 0 aliphatic carbocycles. The zero-order chi connectivity index (χ0) is 10.3. The van der Waals surface area contributed by atoms with Crippen LogP contribution in [0.3, 0.4) is 0 Å². The minimum absolute atomic E-state index is 0.443. The molecule has 0 atom stereocenters. The van der Waals surface area contributed by atoms with Gasteiger partial charge in [0.1, 0.15) is 0 Å². The molecule has 14 heavy (non-hydrogen) atoms. The Balaban J connectivity index is 2.31. The van der Waals surface area contributed by atoms with Crippen molar-refractivity contribution < 1.29 is 9.05 Å². The Morgan fingerprint density at radius 1 is 1.00 bits per heavy atom. The van der Waals surface area contributed by atoms with E-state index in [1.165, 1.54) is 11.1 Å². The highest BCUT2D eigenvalue weighted by molar-refractivity contribution is 7.49. The number of hydrogen-bond donors (Lipinski definition) is 0. The second-order valence-corrected chi connectivity index (χ2v) is 5.91. The van der Waals surface area contributed by atoms with Gasteiger partial charge in [0.25, 0.3) is 8.38 Å². The van der Waals surface area contributed by atoms with Crippen LogP contribution in [0.15, 0.2) is 12.1 Å². The van der Waals surface area contributed by atoms with Crippen LogP contribution in [0, 0.1) is 13.8 Å². The molecule has 1 aliphatic rings. The molecule has 1 aromatic carbocycles. The fourth-order valence-corrected chi connectivity index (χ4v) is 2.46. The van der Waals surface area contributed by atoms with Crippen LogP contribution in [0.4, 0.5) is 0 Å². The van der Waals surface area contributed by atoms with Crippen molar-refractivity contribution in [3.63, 3.8) is 0 Å². The van der Waals surface area contributed by atoms with Crippen LogP contribution in [0.1, 0.15) is 25.0 Å². The minimum Gasteiger partial charge on any atom is -0.434 e.